The Labute approximate surface area is 190 Å². The van der Waals surface area contributed by atoms with Gasteiger partial charge in [-0.3, -0.25) is 9.78 Å². The summed E-state index contributed by atoms with van der Waals surface area (Å²) in [6.45, 7) is 4.51. The molecular formula is C25H29N3O3S. The van der Waals surface area contributed by atoms with E-state index in [1.165, 1.54) is 4.31 Å². The lowest BCUT2D eigenvalue weighted by Gasteiger charge is -2.20. The highest BCUT2D eigenvalue weighted by Gasteiger charge is 2.21. The van der Waals surface area contributed by atoms with Gasteiger partial charge in [-0.25, -0.2) is 8.42 Å². The smallest absolute Gasteiger partial charge is 0.243 e. The SMILES string of the molecule is CCN(CC)S(=O)(=O)c1ccc(CCC(=O)NC(c2ccccc2)c2ccncc2)cc1. The van der Waals surface area contributed by atoms with Gasteiger partial charge in [0.05, 0.1) is 10.9 Å². The number of nitrogens with zero attached hydrogens (tertiary/aromatic N) is 2. The monoisotopic (exact) mass is 451 g/mol. The van der Waals surface area contributed by atoms with E-state index in [-0.39, 0.29) is 16.8 Å². The summed E-state index contributed by atoms with van der Waals surface area (Å²) in [7, 11) is -3.48. The Morgan fingerprint density at radius 3 is 2.09 bits per heavy atom. The molecule has 7 heteroatoms. The molecular weight excluding hydrogens is 422 g/mol. The van der Waals surface area contributed by atoms with Gasteiger partial charge in [-0.1, -0.05) is 56.3 Å². The molecule has 0 saturated carbocycles. The Bertz CT molecular complexity index is 1060. The molecule has 168 valence electrons. The molecule has 3 rings (SSSR count). The topological polar surface area (TPSA) is 79.4 Å². The van der Waals surface area contributed by atoms with Crippen molar-refractivity contribution in [3.8, 4) is 0 Å². The van der Waals surface area contributed by atoms with Crippen LogP contribution in [0.2, 0.25) is 0 Å². The first kappa shape index (κ1) is 23.6. The molecule has 0 radical (unpaired) electrons. The number of benzene rings is 2. The second-order valence-electron chi connectivity index (χ2n) is 7.43. The molecule has 0 fully saturated rings. The van der Waals surface area contributed by atoms with E-state index < -0.39 is 10.0 Å². The number of aromatic nitrogens is 1. The number of rotatable bonds is 10. The summed E-state index contributed by atoms with van der Waals surface area (Å²) >= 11 is 0. The van der Waals surface area contributed by atoms with Crippen molar-refractivity contribution in [2.24, 2.45) is 0 Å². The van der Waals surface area contributed by atoms with E-state index >= 15 is 0 Å². The molecule has 0 spiro atoms. The van der Waals surface area contributed by atoms with Gasteiger partial charge in [0.25, 0.3) is 0 Å². The van der Waals surface area contributed by atoms with Gasteiger partial charge in [0, 0.05) is 31.9 Å². The standard InChI is InChI=1S/C25H29N3O3S/c1-3-28(4-2)32(30,31)23-13-10-20(11-14-23)12-15-24(29)27-25(21-8-6-5-7-9-21)22-16-18-26-19-17-22/h5-11,13-14,16-19,25H,3-4,12,15H2,1-2H3,(H,27,29). The number of sulfonamides is 1. The first-order chi connectivity index (χ1) is 15.5. The summed E-state index contributed by atoms with van der Waals surface area (Å²) in [5.41, 5.74) is 2.88. The van der Waals surface area contributed by atoms with Gasteiger partial charge in [-0.2, -0.15) is 4.31 Å². The molecule has 0 aliphatic rings. The molecule has 1 unspecified atom stereocenters. The maximum Gasteiger partial charge on any atom is 0.243 e. The summed E-state index contributed by atoms with van der Waals surface area (Å²) in [6, 6.07) is 20.1. The zero-order valence-electron chi connectivity index (χ0n) is 18.4. The number of nitrogens with one attached hydrogen (secondary N) is 1. The third-order valence-corrected chi connectivity index (χ3v) is 7.45. The minimum Gasteiger partial charge on any atom is -0.345 e. The summed E-state index contributed by atoms with van der Waals surface area (Å²) in [5.74, 6) is -0.0736. The number of hydrogen-bond acceptors (Lipinski definition) is 4. The Hall–Kier alpha value is -3.03. The van der Waals surface area contributed by atoms with Crippen LogP contribution in [0, 0.1) is 0 Å². The fourth-order valence-electron chi connectivity index (χ4n) is 3.59. The van der Waals surface area contributed by atoms with E-state index in [2.05, 4.69) is 10.3 Å². The summed E-state index contributed by atoms with van der Waals surface area (Å²) in [6.07, 6.45) is 4.25. The van der Waals surface area contributed by atoms with E-state index in [1.54, 1.807) is 36.7 Å². The first-order valence-electron chi connectivity index (χ1n) is 10.8. The van der Waals surface area contributed by atoms with E-state index in [9.17, 15) is 13.2 Å². The van der Waals surface area contributed by atoms with Gasteiger partial charge in [0.2, 0.25) is 15.9 Å². The lowest BCUT2D eigenvalue weighted by Crippen LogP contribution is -2.30. The molecule has 1 aromatic heterocycles. The molecule has 0 aliphatic carbocycles. The average Bonchev–Trinajstić information content (AvgIpc) is 2.83. The summed E-state index contributed by atoms with van der Waals surface area (Å²) < 4.78 is 26.7. The van der Waals surface area contributed by atoms with Crippen LogP contribution >= 0.6 is 0 Å². The second kappa shape index (κ2) is 11.0. The highest BCUT2D eigenvalue weighted by atomic mass is 32.2. The lowest BCUT2D eigenvalue weighted by molar-refractivity contribution is -0.121. The van der Waals surface area contributed by atoms with Crippen molar-refractivity contribution < 1.29 is 13.2 Å². The van der Waals surface area contributed by atoms with E-state index in [0.29, 0.717) is 25.9 Å². The maximum absolute atomic E-state index is 12.7. The van der Waals surface area contributed by atoms with Gasteiger partial charge in [-0.05, 0) is 47.4 Å². The minimum absolute atomic E-state index is 0.0736. The zero-order valence-corrected chi connectivity index (χ0v) is 19.3. The van der Waals surface area contributed by atoms with Crippen molar-refractivity contribution in [1.29, 1.82) is 0 Å². The number of pyridine rings is 1. The van der Waals surface area contributed by atoms with Crippen LogP contribution in [0.25, 0.3) is 0 Å². The van der Waals surface area contributed by atoms with Crippen LogP contribution in [0.15, 0.2) is 84.0 Å². The van der Waals surface area contributed by atoms with E-state index in [0.717, 1.165) is 16.7 Å². The Kier molecular flexibility index (Phi) is 8.14. The minimum atomic E-state index is -3.48. The number of carbonyl (C=O) groups excluding carboxylic acids is 1. The Balaban J connectivity index is 1.66. The molecule has 0 aliphatic heterocycles. The van der Waals surface area contributed by atoms with Crippen molar-refractivity contribution >= 4 is 15.9 Å². The molecule has 0 bridgehead atoms. The van der Waals surface area contributed by atoms with Crippen LogP contribution in [0.3, 0.4) is 0 Å². The first-order valence-corrected chi connectivity index (χ1v) is 12.2. The van der Waals surface area contributed by atoms with Crippen molar-refractivity contribution in [1.82, 2.24) is 14.6 Å². The van der Waals surface area contributed by atoms with Crippen molar-refractivity contribution in [3.63, 3.8) is 0 Å². The highest BCUT2D eigenvalue weighted by Crippen LogP contribution is 2.22. The van der Waals surface area contributed by atoms with Crippen LogP contribution in [0.4, 0.5) is 0 Å². The third-order valence-electron chi connectivity index (χ3n) is 5.38. The zero-order chi connectivity index (χ0) is 23.0. The van der Waals surface area contributed by atoms with Gasteiger partial charge < -0.3 is 5.32 Å². The molecule has 0 saturated heterocycles. The fraction of sp³-hybridized carbons (Fsp3) is 0.280. The van der Waals surface area contributed by atoms with Crippen LogP contribution in [0.5, 0.6) is 0 Å². The quantitative estimate of drug-likeness (QED) is 0.506. The number of carbonyl (C=O) groups is 1. The molecule has 1 atom stereocenters. The van der Waals surface area contributed by atoms with Crippen LogP contribution in [0.1, 0.15) is 43.0 Å². The third kappa shape index (κ3) is 5.81. The molecule has 6 nitrogen and oxygen atoms in total. The summed E-state index contributed by atoms with van der Waals surface area (Å²) in [5, 5.41) is 3.12. The number of hydrogen-bond donors (Lipinski definition) is 1. The highest BCUT2D eigenvalue weighted by molar-refractivity contribution is 7.89. The van der Waals surface area contributed by atoms with Crippen LogP contribution in [-0.2, 0) is 21.2 Å². The van der Waals surface area contributed by atoms with Gasteiger partial charge >= 0.3 is 0 Å². The average molecular weight is 452 g/mol. The van der Waals surface area contributed by atoms with E-state index in [4.69, 9.17) is 0 Å². The van der Waals surface area contributed by atoms with E-state index in [1.807, 2.05) is 56.3 Å². The largest absolute Gasteiger partial charge is 0.345 e. The number of aryl methyl sites for hydroxylation is 1. The normalized spacial score (nSPS) is 12.5. The van der Waals surface area contributed by atoms with Crippen LogP contribution in [-0.4, -0.2) is 36.7 Å². The molecule has 1 N–H and O–H groups in total. The predicted molar refractivity (Wildman–Crippen MR) is 126 cm³/mol. The maximum atomic E-state index is 12.7. The van der Waals surface area contributed by atoms with Gasteiger partial charge in [-0.15, -0.1) is 0 Å². The van der Waals surface area contributed by atoms with Crippen molar-refractivity contribution in [2.75, 3.05) is 13.1 Å². The van der Waals surface area contributed by atoms with Crippen LogP contribution < -0.4 is 5.32 Å². The van der Waals surface area contributed by atoms with Crippen molar-refractivity contribution in [3.05, 3.63) is 95.8 Å². The Morgan fingerprint density at radius 2 is 1.50 bits per heavy atom. The van der Waals surface area contributed by atoms with Gasteiger partial charge in [0.15, 0.2) is 0 Å². The molecule has 1 heterocycles. The lowest BCUT2D eigenvalue weighted by atomic mass is 9.99. The van der Waals surface area contributed by atoms with Crippen molar-refractivity contribution in [2.45, 2.75) is 37.6 Å². The number of amides is 1. The molecule has 2 aromatic carbocycles. The second-order valence-corrected chi connectivity index (χ2v) is 9.36. The fourth-order valence-corrected chi connectivity index (χ4v) is 5.05. The molecule has 32 heavy (non-hydrogen) atoms. The molecule has 1 amide bonds. The van der Waals surface area contributed by atoms with Gasteiger partial charge in [0.1, 0.15) is 0 Å². The Morgan fingerprint density at radius 1 is 0.906 bits per heavy atom. The molecule has 3 aromatic rings. The summed E-state index contributed by atoms with van der Waals surface area (Å²) in [4.78, 5) is 17.1. The predicted octanol–water partition coefficient (Wildman–Crippen LogP) is 3.95.